The summed E-state index contributed by atoms with van der Waals surface area (Å²) in [5.74, 6) is -0.370. The lowest BCUT2D eigenvalue weighted by Gasteiger charge is -2.39. The van der Waals surface area contributed by atoms with Gasteiger partial charge in [0.1, 0.15) is 0 Å². The normalized spacial score (nSPS) is 26.7. The van der Waals surface area contributed by atoms with Crippen LogP contribution < -0.4 is 10.0 Å². The summed E-state index contributed by atoms with van der Waals surface area (Å²) >= 11 is 5.80. The van der Waals surface area contributed by atoms with Crippen LogP contribution in [0.15, 0.2) is 29.2 Å². The van der Waals surface area contributed by atoms with E-state index in [1.54, 1.807) is 12.1 Å². The van der Waals surface area contributed by atoms with Gasteiger partial charge in [0.2, 0.25) is 15.9 Å². The Morgan fingerprint density at radius 1 is 1.20 bits per heavy atom. The molecule has 1 aliphatic heterocycles. The Hall–Kier alpha value is -1.19. The number of hydrogen-bond acceptors (Lipinski definition) is 5. The first kappa shape index (κ1) is 18.6. The van der Waals surface area contributed by atoms with E-state index < -0.39 is 10.0 Å². The number of nitrogens with one attached hydrogen (secondary N) is 2. The van der Waals surface area contributed by atoms with E-state index >= 15 is 0 Å². The summed E-state index contributed by atoms with van der Waals surface area (Å²) in [4.78, 5) is 12.1. The maximum absolute atomic E-state index is 12.2. The molecular weight excluding hydrogens is 368 g/mol. The molecule has 1 saturated heterocycles. The molecular formula is C16H21ClN2O5S. The zero-order valence-corrected chi connectivity index (χ0v) is 15.2. The van der Waals surface area contributed by atoms with Gasteiger partial charge in [0.05, 0.1) is 36.9 Å². The van der Waals surface area contributed by atoms with Crippen molar-refractivity contribution in [2.45, 2.75) is 42.4 Å². The van der Waals surface area contributed by atoms with Gasteiger partial charge in [0.15, 0.2) is 0 Å². The molecule has 1 aromatic carbocycles. The van der Waals surface area contributed by atoms with Gasteiger partial charge in [0.25, 0.3) is 0 Å². The second-order valence-electron chi connectivity index (χ2n) is 6.18. The zero-order chi connectivity index (χ0) is 17.9. The minimum absolute atomic E-state index is 0.00375. The molecule has 1 heterocycles. The van der Waals surface area contributed by atoms with Gasteiger partial charge in [-0.2, -0.15) is 0 Å². The Bertz CT molecular complexity index is 727. The number of fused-ring (bicyclic) bond motifs is 1. The van der Waals surface area contributed by atoms with Crippen LogP contribution in [0.2, 0.25) is 5.02 Å². The van der Waals surface area contributed by atoms with E-state index in [0.717, 1.165) is 12.8 Å². The number of carbonyl (C=O) groups excluding carboxylic acids is 1. The molecule has 0 radical (unpaired) electrons. The molecule has 2 fully saturated rings. The van der Waals surface area contributed by atoms with Crippen molar-refractivity contribution in [1.29, 1.82) is 0 Å². The average Bonchev–Trinajstić information content (AvgIpc) is 2.60. The fourth-order valence-electron chi connectivity index (χ4n) is 3.15. The van der Waals surface area contributed by atoms with Crippen molar-refractivity contribution in [3.05, 3.63) is 29.3 Å². The van der Waals surface area contributed by atoms with Gasteiger partial charge in [-0.3, -0.25) is 4.79 Å². The first-order valence-corrected chi connectivity index (χ1v) is 10.1. The Labute approximate surface area is 152 Å². The molecule has 2 aliphatic rings. The predicted octanol–water partition coefficient (Wildman–Crippen LogP) is 1.07. The highest BCUT2D eigenvalue weighted by atomic mass is 35.5. The Balaban J connectivity index is 1.49. The highest BCUT2D eigenvalue weighted by molar-refractivity contribution is 7.89. The molecule has 1 aliphatic carbocycles. The van der Waals surface area contributed by atoms with Gasteiger partial charge in [-0.05, 0) is 37.5 Å². The molecule has 1 aromatic rings. The van der Waals surface area contributed by atoms with Gasteiger partial charge in [-0.15, -0.1) is 0 Å². The SMILES string of the molecule is O=C(CNS(=O)(=O)c1cccc(Cl)c1)NC1CCC2OCCOC2C1. The summed E-state index contributed by atoms with van der Waals surface area (Å²) in [5.41, 5.74) is 0. The van der Waals surface area contributed by atoms with Crippen LogP contribution in [0.5, 0.6) is 0 Å². The van der Waals surface area contributed by atoms with E-state index in [1.807, 2.05) is 0 Å². The van der Waals surface area contributed by atoms with E-state index in [0.29, 0.717) is 24.7 Å². The zero-order valence-electron chi connectivity index (χ0n) is 13.6. The van der Waals surface area contributed by atoms with Crippen LogP contribution in [-0.4, -0.2) is 52.3 Å². The average molecular weight is 389 g/mol. The number of carbonyl (C=O) groups is 1. The topological polar surface area (TPSA) is 93.7 Å². The lowest BCUT2D eigenvalue weighted by Crippen LogP contribution is -2.50. The van der Waals surface area contributed by atoms with Gasteiger partial charge in [-0.1, -0.05) is 17.7 Å². The lowest BCUT2D eigenvalue weighted by atomic mass is 9.89. The summed E-state index contributed by atoms with van der Waals surface area (Å²) in [6.07, 6.45) is 2.39. The maximum atomic E-state index is 12.2. The fraction of sp³-hybridized carbons (Fsp3) is 0.562. The van der Waals surface area contributed by atoms with Gasteiger partial charge >= 0.3 is 0 Å². The highest BCUT2D eigenvalue weighted by Gasteiger charge is 2.34. The molecule has 3 unspecified atom stereocenters. The van der Waals surface area contributed by atoms with Gasteiger partial charge in [0, 0.05) is 11.1 Å². The quantitative estimate of drug-likeness (QED) is 0.787. The maximum Gasteiger partial charge on any atom is 0.241 e. The summed E-state index contributed by atoms with van der Waals surface area (Å²) in [5, 5.41) is 3.18. The largest absolute Gasteiger partial charge is 0.373 e. The first-order valence-electron chi connectivity index (χ1n) is 8.22. The molecule has 3 rings (SSSR count). The van der Waals surface area contributed by atoms with Gasteiger partial charge in [-0.25, -0.2) is 13.1 Å². The van der Waals surface area contributed by atoms with Crippen molar-refractivity contribution >= 4 is 27.5 Å². The third-order valence-corrected chi connectivity index (χ3v) is 6.01. The van der Waals surface area contributed by atoms with Crippen molar-refractivity contribution in [1.82, 2.24) is 10.0 Å². The van der Waals surface area contributed by atoms with Crippen molar-refractivity contribution in [2.75, 3.05) is 19.8 Å². The van der Waals surface area contributed by atoms with Crippen LogP contribution in [0.4, 0.5) is 0 Å². The van der Waals surface area contributed by atoms with Crippen molar-refractivity contribution in [3.63, 3.8) is 0 Å². The number of benzene rings is 1. The fourth-order valence-corrected chi connectivity index (χ4v) is 4.44. The Kier molecular flexibility index (Phi) is 5.96. The van der Waals surface area contributed by atoms with E-state index in [9.17, 15) is 13.2 Å². The smallest absolute Gasteiger partial charge is 0.241 e. The highest BCUT2D eigenvalue weighted by Crippen LogP contribution is 2.26. The van der Waals surface area contributed by atoms with Crippen LogP contribution in [0, 0.1) is 0 Å². The van der Waals surface area contributed by atoms with Crippen LogP contribution in [0.1, 0.15) is 19.3 Å². The van der Waals surface area contributed by atoms with E-state index in [-0.39, 0.29) is 35.6 Å². The number of halogens is 1. The molecule has 1 saturated carbocycles. The molecule has 1 amide bonds. The van der Waals surface area contributed by atoms with Crippen LogP contribution in [0.25, 0.3) is 0 Å². The third kappa shape index (κ3) is 4.92. The summed E-state index contributed by atoms with van der Waals surface area (Å²) in [7, 11) is -3.78. The number of hydrogen-bond donors (Lipinski definition) is 2. The van der Waals surface area contributed by atoms with E-state index in [1.165, 1.54) is 12.1 Å². The second-order valence-corrected chi connectivity index (χ2v) is 8.38. The predicted molar refractivity (Wildman–Crippen MR) is 91.9 cm³/mol. The molecule has 0 spiro atoms. The summed E-state index contributed by atoms with van der Waals surface area (Å²) in [6.45, 7) is 0.863. The molecule has 9 heteroatoms. The minimum atomic E-state index is -3.78. The van der Waals surface area contributed by atoms with Crippen molar-refractivity contribution in [3.8, 4) is 0 Å². The van der Waals surface area contributed by atoms with Crippen LogP contribution in [-0.2, 0) is 24.3 Å². The number of sulfonamides is 1. The summed E-state index contributed by atoms with van der Waals surface area (Å²) < 4.78 is 38.0. The van der Waals surface area contributed by atoms with Crippen LogP contribution in [0.3, 0.4) is 0 Å². The molecule has 25 heavy (non-hydrogen) atoms. The van der Waals surface area contributed by atoms with Gasteiger partial charge < -0.3 is 14.8 Å². The standard InChI is InChI=1S/C16H21ClN2O5S/c17-11-2-1-3-13(8-11)25(21,22)18-10-16(20)19-12-4-5-14-15(9-12)24-7-6-23-14/h1-3,8,12,14-15,18H,4-7,9-10H2,(H,19,20). The van der Waals surface area contributed by atoms with Crippen molar-refractivity contribution < 1.29 is 22.7 Å². The monoisotopic (exact) mass is 388 g/mol. The summed E-state index contributed by atoms with van der Waals surface area (Å²) in [6, 6.07) is 5.85. The van der Waals surface area contributed by atoms with Crippen LogP contribution >= 0.6 is 11.6 Å². The molecule has 0 bridgehead atoms. The lowest BCUT2D eigenvalue weighted by molar-refractivity contribution is -0.158. The number of ether oxygens (including phenoxy) is 2. The Morgan fingerprint density at radius 2 is 1.96 bits per heavy atom. The van der Waals surface area contributed by atoms with E-state index in [4.69, 9.17) is 21.1 Å². The molecule has 0 aromatic heterocycles. The third-order valence-electron chi connectivity index (χ3n) is 4.37. The van der Waals surface area contributed by atoms with Crippen molar-refractivity contribution in [2.24, 2.45) is 0 Å². The minimum Gasteiger partial charge on any atom is -0.373 e. The number of rotatable bonds is 5. The first-order chi connectivity index (χ1) is 11.9. The van der Waals surface area contributed by atoms with E-state index in [2.05, 4.69) is 10.0 Å². The molecule has 138 valence electrons. The molecule has 3 atom stereocenters. The molecule has 7 nitrogen and oxygen atoms in total. The number of amides is 1. The molecule has 2 N–H and O–H groups in total. The Morgan fingerprint density at radius 3 is 2.72 bits per heavy atom. The second kappa shape index (κ2) is 8.01.